The molecule has 2 saturated carbocycles. The molecule has 0 heterocycles. The van der Waals surface area contributed by atoms with E-state index in [1.165, 1.54) is 37.5 Å². The zero-order valence-electron chi connectivity index (χ0n) is 11.9. The van der Waals surface area contributed by atoms with E-state index in [-0.39, 0.29) is 16.0 Å². The van der Waals surface area contributed by atoms with E-state index in [4.69, 9.17) is 23.2 Å². The molecular weight excluding hydrogens is 329 g/mol. The quantitative estimate of drug-likeness (QED) is 0.891. The van der Waals surface area contributed by atoms with Crippen LogP contribution in [0.2, 0.25) is 10.0 Å². The van der Waals surface area contributed by atoms with Crippen LogP contribution in [0.1, 0.15) is 32.6 Å². The van der Waals surface area contributed by atoms with Crippen LogP contribution in [0.3, 0.4) is 0 Å². The third-order valence-electron chi connectivity index (χ3n) is 4.98. The smallest absolute Gasteiger partial charge is 0.208 e. The summed E-state index contributed by atoms with van der Waals surface area (Å²) < 4.78 is 27.7. The molecule has 2 aliphatic rings. The maximum absolute atomic E-state index is 12.5. The molecule has 0 amide bonds. The molecule has 0 spiro atoms. The Labute approximate surface area is 136 Å². The minimum Gasteiger partial charge on any atom is -0.208 e. The molecule has 0 saturated heterocycles. The van der Waals surface area contributed by atoms with Gasteiger partial charge in [-0.1, -0.05) is 29.6 Å². The Morgan fingerprint density at radius 2 is 1.95 bits per heavy atom. The number of hydrogen-bond acceptors (Lipinski definition) is 2. The summed E-state index contributed by atoms with van der Waals surface area (Å²) in [5.74, 6) is 1.94. The predicted molar refractivity (Wildman–Crippen MR) is 85.2 cm³/mol. The van der Waals surface area contributed by atoms with Crippen LogP contribution in [0.5, 0.6) is 0 Å². The van der Waals surface area contributed by atoms with Gasteiger partial charge in [0.2, 0.25) is 10.0 Å². The largest absolute Gasteiger partial charge is 0.240 e. The second-order valence-electron chi connectivity index (χ2n) is 6.32. The van der Waals surface area contributed by atoms with Crippen molar-refractivity contribution in [2.75, 3.05) is 0 Å². The number of benzene rings is 1. The van der Waals surface area contributed by atoms with Gasteiger partial charge in [-0.2, -0.15) is 0 Å². The second kappa shape index (κ2) is 5.73. The van der Waals surface area contributed by atoms with Crippen molar-refractivity contribution in [3.8, 4) is 0 Å². The summed E-state index contributed by atoms with van der Waals surface area (Å²) in [6.45, 7) is 1.97. The fourth-order valence-electron chi connectivity index (χ4n) is 3.95. The van der Waals surface area contributed by atoms with Crippen molar-refractivity contribution < 1.29 is 8.42 Å². The lowest BCUT2D eigenvalue weighted by molar-refractivity contribution is 0.280. The van der Waals surface area contributed by atoms with E-state index in [2.05, 4.69) is 4.72 Å². The van der Waals surface area contributed by atoms with Crippen LogP contribution in [-0.2, 0) is 10.0 Å². The van der Waals surface area contributed by atoms with Crippen LogP contribution in [0.4, 0.5) is 0 Å². The first kappa shape index (κ1) is 15.6. The normalized spacial score (nSPS) is 29.8. The van der Waals surface area contributed by atoms with Gasteiger partial charge in [0.05, 0.1) is 14.9 Å². The Kier molecular flexibility index (Phi) is 4.25. The first-order valence-corrected chi connectivity index (χ1v) is 9.58. The summed E-state index contributed by atoms with van der Waals surface area (Å²) >= 11 is 11.7. The minimum atomic E-state index is -3.55. The van der Waals surface area contributed by atoms with E-state index in [1.54, 1.807) is 0 Å². The second-order valence-corrected chi connectivity index (χ2v) is 8.85. The summed E-state index contributed by atoms with van der Waals surface area (Å²) in [4.78, 5) is 0.173. The lowest BCUT2D eigenvalue weighted by Crippen LogP contribution is -2.40. The molecule has 1 aromatic rings. The van der Waals surface area contributed by atoms with Crippen molar-refractivity contribution >= 4 is 33.2 Å². The van der Waals surface area contributed by atoms with Gasteiger partial charge in [-0.25, -0.2) is 13.1 Å². The van der Waals surface area contributed by atoms with E-state index in [9.17, 15) is 8.42 Å². The van der Waals surface area contributed by atoms with Gasteiger partial charge in [-0.3, -0.25) is 0 Å². The highest BCUT2D eigenvalue weighted by atomic mass is 35.5. The summed E-state index contributed by atoms with van der Waals surface area (Å²) in [7, 11) is -3.55. The highest BCUT2D eigenvalue weighted by Gasteiger charge is 2.42. The highest BCUT2D eigenvalue weighted by Crippen LogP contribution is 2.49. The predicted octanol–water partition coefficient (Wildman–Crippen LogP) is 4.10. The van der Waals surface area contributed by atoms with E-state index < -0.39 is 10.0 Å². The third-order valence-corrected chi connectivity index (χ3v) is 7.27. The summed E-state index contributed by atoms with van der Waals surface area (Å²) in [5, 5.41) is 0.615. The lowest BCUT2D eigenvalue weighted by atomic mass is 9.84. The number of rotatable bonds is 4. The van der Waals surface area contributed by atoms with Crippen LogP contribution in [0.15, 0.2) is 23.1 Å². The maximum atomic E-state index is 12.5. The number of sulfonamides is 1. The summed E-state index contributed by atoms with van der Waals surface area (Å²) in [6, 6.07) is 4.37. The first-order valence-electron chi connectivity index (χ1n) is 7.34. The lowest BCUT2D eigenvalue weighted by Gasteiger charge is -2.28. The van der Waals surface area contributed by atoms with E-state index in [0.29, 0.717) is 16.9 Å². The Balaban J connectivity index is 1.75. The van der Waals surface area contributed by atoms with Crippen LogP contribution < -0.4 is 4.72 Å². The van der Waals surface area contributed by atoms with Crippen molar-refractivity contribution in [3.63, 3.8) is 0 Å². The van der Waals surface area contributed by atoms with Gasteiger partial charge in [-0.15, -0.1) is 0 Å². The fraction of sp³-hybridized carbons (Fsp3) is 0.600. The molecule has 2 bridgehead atoms. The fourth-order valence-corrected chi connectivity index (χ4v) is 5.63. The number of halogens is 2. The van der Waals surface area contributed by atoms with Gasteiger partial charge in [0.15, 0.2) is 0 Å². The maximum Gasteiger partial charge on any atom is 0.240 e. The van der Waals surface area contributed by atoms with E-state index in [1.807, 2.05) is 6.92 Å². The molecule has 116 valence electrons. The molecule has 3 rings (SSSR count). The van der Waals surface area contributed by atoms with Crippen LogP contribution in [0.25, 0.3) is 0 Å². The van der Waals surface area contributed by atoms with Gasteiger partial charge < -0.3 is 0 Å². The van der Waals surface area contributed by atoms with Crippen molar-refractivity contribution in [2.24, 2.45) is 17.8 Å². The van der Waals surface area contributed by atoms with Gasteiger partial charge in [0.25, 0.3) is 0 Å². The van der Waals surface area contributed by atoms with Gasteiger partial charge >= 0.3 is 0 Å². The molecule has 0 unspecified atom stereocenters. The summed E-state index contributed by atoms with van der Waals surface area (Å²) in [5.41, 5.74) is 0. The molecule has 1 N–H and O–H groups in total. The number of nitrogens with one attached hydrogen (secondary N) is 1. The molecule has 4 atom stereocenters. The van der Waals surface area contributed by atoms with Gasteiger partial charge in [0.1, 0.15) is 0 Å². The molecule has 2 aliphatic carbocycles. The molecular formula is C15H19Cl2NO2S. The number of fused-ring (bicyclic) bond motifs is 2. The van der Waals surface area contributed by atoms with E-state index in [0.717, 1.165) is 12.3 Å². The highest BCUT2D eigenvalue weighted by molar-refractivity contribution is 7.89. The van der Waals surface area contributed by atoms with Crippen LogP contribution >= 0.6 is 23.2 Å². The molecule has 21 heavy (non-hydrogen) atoms. The SMILES string of the molecule is C[C@H](NS(=O)(=O)c1ccc(Cl)c(Cl)c1)[C@H]1C[C@H]2CC[C@H]1C2. The minimum absolute atomic E-state index is 0.0419. The van der Waals surface area contributed by atoms with Gasteiger partial charge in [-0.05, 0) is 62.1 Å². The van der Waals surface area contributed by atoms with E-state index >= 15 is 0 Å². The zero-order chi connectivity index (χ0) is 15.2. The zero-order valence-corrected chi connectivity index (χ0v) is 14.2. The van der Waals surface area contributed by atoms with Crippen molar-refractivity contribution in [2.45, 2.75) is 43.5 Å². The average Bonchev–Trinajstić information content (AvgIpc) is 3.03. The molecule has 6 heteroatoms. The van der Waals surface area contributed by atoms with Crippen LogP contribution in [0, 0.1) is 17.8 Å². The Morgan fingerprint density at radius 3 is 2.52 bits per heavy atom. The van der Waals surface area contributed by atoms with Crippen LogP contribution in [-0.4, -0.2) is 14.5 Å². The number of hydrogen-bond donors (Lipinski definition) is 1. The first-order chi connectivity index (χ1) is 9.87. The Hall–Kier alpha value is -0.290. The van der Waals surface area contributed by atoms with Crippen molar-refractivity contribution in [1.82, 2.24) is 4.72 Å². The molecule has 1 aromatic carbocycles. The Morgan fingerprint density at radius 1 is 1.19 bits per heavy atom. The Bertz CT molecular complexity index is 647. The van der Waals surface area contributed by atoms with Gasteiger partial charge in [0, 0.05) is 6.04 Å². The standard InChI is InChI=1S/C15H19Cl2NO2S/c1-9(13-7-10-2-3-11(13)6-10)18-21(19,20)12-4-5-14(16)15(17)8-12/h4-5,8-11,13,18H,2-3,6-7H2,1H3/t9-,10-,11-,13+/m0/s1. The topological polar surface area (TPSA) is 46.2 Å². The summed E-state index contributed by atoms with van der Waals surface area (Å²) in [6.07, 6.45) is 4.97. The monoisotopic (exact) mass is 347 g/mol. The third kappa shape index (κ3) is 3.09. The molecule has 3 nitrogen and oxygen atoms in total. The van der Waals surface area contributed by atoms with Crippen molar-refractivity contribution in [1.29, 1.82) is 0 Å². The molecule has 0 radical (unpaired) electrons. The van der Waals surface area contributed by atoms with Crippen molar-refractivity contribution in [3.05, 3.63) is 28.2 Å². The average molecular weight is 348 g/mol. The molecule has 2 fully saturated rings. The molecule has 0 aromatic heterocycles. The molecule has 0 aliphatic heterocycles.